The lowest BCUT2D eigenvalue weighted by atomic mass is 9.78. The number of hydrogen-bond acceptors (Lipinski definition) is 1. The molecule has 1 heteroatoms. The highest BCUT2D eigenvalue weighted by molar-refractivity contribution is 6.05. The molecule has 216 valence electrons. The van der Waals surface area contributed by atoms with Gasteiger partial charge in [0.2, 0.25) is 0 Å². The van der Waals surface area contributed by atoms with Crippen LogP contribution < -0.4 is 5.32 Å². The summed E-state index contributed by atoms with van der Waals surface area (Å²) in [4.78, 5) is 0. The molecule has 0 spiro atoms. The van der Waals surface area contributed by atoms with Gasteiger partial charge in [-0.3, -0.25) is 0 Å². The molecule has 1 N–H and O–H groups in total. The van der Waals surface area contributed by atoms with Crippen LogP contribution in [0.4, 0.5) is 5.69 Å². The minimum atomic E-state index is 0.158. The van der Waals surface area contributed by atoms with Crippen molar-refractivity contribution >= 4 is 28.1 Å². The fourth-order valence-corrected chi connectivity index (χ4v) is 5.93. The van der Waals surface area contributed by atoms with E-state index in [1.807, 2.05) is 18.2 Å². The second kappa shape index (κ2) is 13.0. The third-order valence-corrected chi connectivity index (χ3v) is 8.54. The van der Waals surface area contributed by atoms with Crippen LogP contribution in [0.2, 0.25) is 0 Å². The second-order valence-electron chi connectivity index (χ2n) is 11.7. The number of hydrogen-bond donors (Lipinski definition) is 1. The van der Waals surface area contributed by atoms with Gasteiger partial charge in [0, 0.05) is 10.9 Å². The van der Waals surface area contributed by atoms with Crippen LogP contribution in [0, 0.1) is 27.7 Å². The summed E-state index contributed by atoms with van der Waals surface area (Å²) in [5.41, 5.74) is 14.4. The fourth-order valence-electron chi connectivity index (χ4n) is 5.93. The number of aryl methyl sites for hydroxylation is 4. The summed E-state index contributed by atoms with van der Waals surface area (Å²) in [5, 5.41) is 6.45. The molecule has 0 saturated carbocycles. The molecule has 1 atom stereocenters. The van der Waals surface area contributed by atoms with Crippen molar-refractivity contribution in [2.75, 3.05) is 5.32 Å². The topological polar surface area (TPSA) is 12.0 Å². The van der Waals surface area contributed by atoms with Crippen molar-refractivity contribution in [3.05, 3.63) is 196 Å². The van der Waals surface area contributed by atoms with Gasteiger partial charge in [-0.2, -0.15) is 0 Å². The van der Waals surface area contributed by atoms with E-state index in [9.17, 15) is 0 Å². The van der Waals surface area contributed by atoms with Crippen molar-refractivity contribution in [2.45, 2.75) is 33.7 Å². The molecule has 0 saturated heterocycles. The first-order valence-electron chi connectivity index (χ1n) is 15.4. The molecule has 0 amide bonds. The lowest BCUT2D eigenvalue weighted by Gasteiger charge is -2.35. The van der Waals surface area contributed by atoms with Gasteiger partial charge < -0.3 is 5.32 Å². The molecule has 1 nitrogen and oxygen atoms in total. The smallest absolute Gasteiger partial charge is 0.0779 e. The Bertz CT molecular complexity index is 1940. The van der Waals surface area contributed by atoms with Gasteiger partial charge in [-0.05, 0) is 72.0 Å². The summed E-state index contributed by atoms with van der Waals surface area (Å²) in [6.45, 7) is 8.47. The normalized spacial score (nSPS) is 14.1. The van der Waals surface area contributed by atoms with Crippen molar-refractivity contribution < 1.29 is 0 Å². The van der Waals surface area contributed by atoms with Crippen LogP contribution in [0.15, 0.2) is 151 Å². The van der Waals surface area contributed by atoms with Crippen LogP contribution in [0.3, 0.4) is 0 Å². The average molecular weight is 570 g/mol. The Hall–Kier alpha value is -5.14. The molecule has 2 aliphatic rings. The van der Waals surface area contributed by atoms with Crippen LogP contribution in [-0.4, -0.2) is 0 Å². The SMILES string of the molecule is Cc1ccc(C2=C3C=Cc4ccccc4C3Nc3c2ccc2ccccc32)cc1.Cc1ccccc1.Cc1ccccc1C. The monoisotopic (exact) mass is 569 g/mol. The van der Waals surface area contributed by atoms with Gasteiger partial charge >= 0.3 is 0 Å². The minimum absolute atomic E-state index is 0.158. The molecule has 0 bridgehead atoms. The molecule has 1 aliphatic carbocycles. The van der Waals surface area contributed by atoms with E-state index in [4.69, 9.17) is 0 Å². The van der Waals surface area contributed by atoms with E-state index in [-0.39, 0.29) is 6.04 Å². The molecular weight excluding hydrogens is 530 g/mol. The first kappa shape index (κ1) is 29.0. The summed E-state index contributed by atoms with van der Waals surface area (Å²) in [6.07, 6.45) is 4.55. The van der Waals surface area contributed by atoms with E-state index in [2.05, 4.69) is 166 Å². The minimum Gasteiger partial charge on any atom is -0.373 e. The molecular formula is C43H39N. The molecule has 0 fully saturated rings. The first-order valence-corrected chi connectivity index (χ1v) is 15.4. The Morgan fingerprint density at radius 3 is 1.80 bits per heavy atom. The predicted molar refractivity (Wildman–Crippen MR) is 190 cm³/mol. The zero-order valence-electron chi connectivity index (χ0n) is 26.0. The fraction of sp³-hybridized carbons (Fsp3) is 0.116. The number of anilines is 1. The van der Waals surface area contributed by atoms with E-state index in [0.29, 0.717) is 0 Å². The maximum Gasteiger partial charge on any atom is 0.0779 e. The molecule has 6 aromatic carbocycles. The van der Waals surface area contributed by atoms with Crippen molar-refractivity contribution in [2.24, 2.45) is 0 Å². The number of fused-ring (bicyclic) bond motifs is 6. The van der Waals surface area contributed by atoms with E-state index >= 15 is 0 Å². The zero-order valence-corrected chi connectivity index (χ0v) is 26.0. The summed E-state index contributed by atoms with van der Waals surface area (Å²) in [5.74, 6) is 0. The lowest BCUT2D eigenvalue weighted by Crippen LogP contribution is -2.22. The van der Waals surface area contributed by atoms with E-state index in [1.165, 1.54) is 72.1 Å². The van der Waals surface area contributed by atoms with Gasteiger partial charge in [-0.25, -0.2) is 0 Å². The Kier molecular flexibility index (Phi) is 8.57. The molecule has 0 aromatic heterocycles. The highest BCUT2D eigenvalue weighted by Crippen LogP contribution is 2.48. The molecule has 1 aliphatic heterocycles. The van der Waals surface area contributed by atoms with Crippen LogP contribution in [-0.2, 0) is 0 Å². The van der Waals surface area contributed by atoms with Gasteiger partial charge in [-0.15, -0.1) is 0 Å². The summed E-state index contributed by atoms with van der Waals surface area (Å²) in [7, 11) is 0. The predicted octanol–water partition coefficient (Wildman–Crippen LogP) is 11.4. The molecule has 1 heterocycles. The number of benzene rings is 6. The maximum atomic E-state index is 3.90. The lowest BCUT2D eigenvalue weighted by molar-refractivity contribution is 0.920. The van der Waals surface area contributed by atoms with Crippen molar-refractivity contribution in [3.63, 3.8) is 0 Å². The summed E-state index contributed by atoms with van der Waals surface area (Å²) < 4.78 is 0. The molecule has 44 heavy (non-hydrogen) atoms. The molecule has 6 aromatic rings. The average Bonchev–Trinajstić information content (AvgIpc) is 3.06. The second-order valence-corrected chi connectivity index (χ2v) is 11.7. The summed E-state index contributed by atoms with van der Waals surface area (Å²) in [6, 6.07) is 49.6. The Labute approximate surface area is 262 Å². The third kappa shape index (κ3) is 6.14. The van der Waals surface area contributed by atoms with Crippen molar-refractivity contribution in [3.8, 4) is 0 Å². The van der Waals surface area contributed by atoms with Crippen LogP contribution >= 0.6 is 0 Å². The van der Waals surface area contributed by atoms with E-state index < -0.39 is 0 Å². The maximum absolute atomic E-state index is 3.90. The Balaban J connectivity index is 0.000000187. The van der Waals surface area contributed by atoms with Gasteiger partial charge in [0.15, 0.2) is 0 Å². The molecule has 1 unspecified atom stereocenters. The Morgan fingerprint density at radius 1 is 0.500 bits per heavy atom. The Morgan fingerprint density at radius 2 is 1.11 bits per heavy atom. The largest absolute Gasteiger partial charge is 0.373 e. The zero-order chi connectivity index (χ0) is 30.5. The number of nitrogens with one attached hydrogen (secondary N) is 1. The highest BCUT2D eigenvalue weighted by Gasteiger charge is 2.31. The first-order chi connectivity index (χ1) is 21.5. The van der Waals surface area contributed by atoms with Crippen LogP contribution in [0.25, 0.3) is 22.4 Å². The van der Waals surface area contributed by atoms with Crippen LogP contribution in [0.1, 0.15) is 50.5 Å². The quantitative estimate of drug-likeness (QED) is 0.208. The van der Waals surface area contributed by atoms with Crippen molar-refractivity contribution in [1.29, 1.82) is 0 Å². The highest BCUT2D eigenvalue weighted by atomic mass is 14.9. The van der Waals surface area contributed by atoms with E-state index in [1.54, 1.807) is 0 Å². The van der Waals surface area contributed by atoms with E-state index in [0.717, 1.165) is 0 Å². The van der Waals surface area contributed by atoms with Gasteiger partial charge in [0.25, 0.3) is 0 Å². The standard InChI is InChI=1S/C28H21N.C8H10.C7H8/c1-18-10-12-21(13-11-18)26-24-16-14-19-6-2-4-8-22(19)27(24)29-28-23-9-5-3-7-20(23)15-17-25(26)28;1-7-5-3-4-6-8(7)2;1-7-5-3-2-4-6-7/h2-17,27,29H,1H3;3-6H,1-2H3;2-6H,1H3. The van der Waals surface area contributed by atoms with Crippen LogP contribution in [0.5, 0.6) is 0 Å². The van der Waals surface area contributed by atoms with Gasteiger partial charge in [0.05, 0.1) is 11.7 Å². The molecule has 0 radical (unpaired) electrons. The van der Waals surface area contributed by atoms with Crippen molar-refractivity contribution in [1.82, 2.24) is 0 Å². The van der Waals surface area contributed by atoms with Gasteiger partial charge in [0.1, 0.15) is 0 Å². The van der Waals surface area contributed by atoms with Gasteiger partial charge in [-0.1, -0.05) is 163 Å². The number of rotatable bonds is 1. The summed E-state index contributed by atoms with van der Waals surface area (Å²) >= 11 is 0. The molecule has 8 rings (SSSR count). The third-order valence-electron chi connectivity index (χ3n) is 8.54.